The highest BCUT2D eigenvalue weighted by molar-refractivity contribution is 6.15. The Hall–Kier alpha value is -0.465. The summed E-state index contributed by atoms with van der Waals surface area (Å²) in [6.07, 6.45) is 5.19. The van der Waals surface area contributed by atoms with Gasteiger partial charge in [0.1, 0.15) is 0 Å². The van der Waals surface area contributed by atoms with Crippen LogP contribution in [0.2, 0.25) is 5.31 Å². The third-order valence-electron chi connectivity index (χ3n) is 5.75. The molecule has 2 aliphatic rings. The van der Waals surface area contributed by atoms with E-state index in [-0.39, 0.29) is 5.31 Å². The second kappa shape index (κ2) is 5.73. The van der Waals surface area contributed by atoms with E-state index < -0.39 is 0 Å². The fraction of sp³-hybridized carbons (Fsp3) is 0.941. The second-order valence-corrected chi connectivity index (χ2v) is 7.75. The number of amides is 1. The van der Waals surface area contributed by atoms with Crippen LogP contribution in [0.5, 0.6) is 0 Å². The molecule has 1 heterocycles. The second-order valence-electron chi connectivity index (χ2n) is 7.75. The topological polar surface area (TPSA) is 20.3 Å². The number of hydrogen-bond acceptors (Lipinski definition) is 1. The van der Waals surface area contributed by atoms with Gasteiger partial charge in [-0.15, -0.1) is 0 Å². The molecule has 1 saturated heterocycles. The quantitative estimate of drug-likeness (QED) is 0.702. The highest BCUT2D eigenvalue weighted by atomic mass is 16.2. The van der Waals surface area contributed by atoms with Gasteiger partial charge in [-0.1, -0.05) is 38.9 Å². The van der Waals surface area contributed by atoms with Gasteiger partial charge in [0.05, 0.1) is 7.85 Å². The summed E-state index contributed by atoms with van der Waals surface area (Å²) in [6.45, 7) is 11.1. The first-order valence-electron chi connectivity index (χ1n) is 8.36. The van der Waals surface area contributed by atoms with Crippen LogP contribution in [0.3, 0.4) is 0 Å². The van der Waals surface area contributed by atoms with E-state index in [4.69, 9.17) is 7.85 Å². The summed E-state index contributed by atoms with van der Waals surface area (Å²) < 4.78 is 0. The average Bonchev–Trinajstić information content (AvgIpc) is 2.44. The first-order chi connectivity index (χ1) is 9.26. The van der Waals surface area contributed by atoms with Crippen molar-refractivity contribution in [2.45, 2.75) is 84.1 Å². The van der Waals surface area contributed by atoms with E-state index in [1.54, 1.807) is 0 Å². The van der Waals surface area contributed by atoms with Crippen molar-refractivity contribution >= 4 is 13.8 Å². The minimum absolute atomic E-state index is 0.150. The molecule has 1 amide bonds. The van der Waals surface area contributed by atoms with E-state index in [0.717, 1.165) is 12.8 Å². The van der Waals surface area contributed by atoms with Crippen molar-refractivity contribution in [1.29, 1.82) is 0 Å². The van der Waals surface area contributed by atoms with E-state index >= 15 is 0 Å². The summed E-state index contributed by atoms with van der Waals surface area (Å²) in [5.74, 6) is 1.98. The van der Waals surface area contributed by atoms with Gasteiger partial charge in [0, 0.05) is 18.5 Å². The predicted octanol–water partition coefficient (Wildman–Crippen LogP) is 3.81. The first-order valence-corrected chi connectivity index (χ1v) is 8.36. The van der Waals surface area contributed by atoms with Gasteiger partial charge in [0.25, 0.3) is 0 Å². The number of fused-ring (bicyclic) bond motifs is 1. The van der Waals surface area contributed by atoms with Crippen LogP contribution in [-0.4, -0.2) is 30.7 Å². The molecule has 4 atom stereocenters. The molecule has 0 aromatic rings. The smallest absolute Gasteiger partial charge is 0.223 e. The van der Waals surface area contributed by atoms with Crippen molar-refractivity contribution in [2.24, 2.45) is 17.8 Å². The maximum absolute atomic E-state index is 12.3. The van der Waals surface area contributed by atoms with Gasteiger partial charge in [0.15, 0.2) is 0 Å². The molecule has 2 nitrogen and oxygen atoms in total. The van der Waals surface area contributed by atoms with Crippen LogP contribution in [0.25, 0.3) is 0 Å². The van der Waals surface area contributed by atoms with Crippen LogP contribution in [0.1, 0.15) is 66.7 Å². The Bertz CT molecular complexity index is 364. The molecule has 2 rings (SSSR count). The van der Waals surface area contributed by atoms with E-state index in [0.29, 0.717) is 42.2 Å². The number of carbonyl (C=O) groups excluding carboxylic acids is 1. The molecule has 1 saturated carbocycles. The van der Waals surface area contributed by atoms with Gasteiger partial charge in [-0.2, -0.15) is 0 Å². The number of likely N-dealkylation sites (tertiary alicyclic amines) is 1. The van der Waals surface area contributed by atoms with Gasteiger partial charge in [0.2, 0.25) is 5.91 Å². The molecule has 0 aromatic heterocycles. The minimum atomic E-state index is -0.150. The lowest BCUT2D eigenvalue weighted by Crippen LogP contribution is -2.54. The fourth-order valence-corrected chi connectivity index (χ4v) is 4.90. The third-order valence-corrected chi connectivity index (χ3v) is 5.75. The lowest BCUT2D eigenvalue weighted by Gasteiger charge is -2.51. The Morgan fingerprint density at radius 1 is 1.20 bits per heavy atom. The van der Waals surface area contributed by atoms with Crippen LogP contribution in [0, 0.1) is 17.8 Å². The van der Waals surface area contributed by atoms with E-state index in [1.165, 1.54) is 12.8 Å². The van der Waals surface area contributed by atoms with E-state index in [9.17, 15) is 4.79 Å². The molecule has 0 aromatic carbocycles. The van der Waals surface area contributed by atoms with Crippen molar-refractivity contribution in [2.75, 3.05) is 0 Å². The van der Waals surface area contributed by atoms with Crippen molar-refractivity contribution < 1.29 is 4.79 Å². The number of nitrogens with zero attached hydrogens (tertiary/aromatic N) is 1. The van der Waals surface area contributed by atoms with E-state index in [2.05, 4.69) is 39.5 Å². The van der Waals surface area contributed by atoms with Crippen molar-refractivity contribution in [1.82, 2.24) is 4.90 Å². The highest BCUT2D eigenvalue weighted by Gasteiger charge is 2.48. The molecule has 2 fully saturated rings. The zero-order chi connectivity index (χ0) is 15.1. The van der Waals surface area contributed by atoms with Gasteiger partial charge in [-0.3, -0.25) is 4.79 Å². The Kier molecular flexibility index (Phi) is 4.56. The Labute approximate surface area is 126 Å². The molecule has 20 heavy (non-hydrogen) atoms. The van der Waals surface area contributed by atoms with Crippen molar-refractivity contribution in [3.63, 3.8) is 0 Å². The SMILES string of the molecule is [B]C1(C)C(C(C)C)CCCC2C1CCC(=O)N2C(C)C. The van der Waals surface area contributed by atoms with Gasteiger partial charge in [-0.25, -0.2) is 0 Å². The standard InChI is InChI=1S/C17H30BNO/c1-11(2)13-7-6-8-15-14(17(13,5)18)9-10-16(20)19(15)12(3)4/h11-15H,6-10H2,1-5H3. The molecule has 0 bridgehead atoms. The Morgan fingerprint density at radius 2 is 1.85 bits per heavy atom. The van der Waals surface area contributed by atoms with Crippen LogP contribution in [0.15, 0.2) is 0 Å². The summed E-state index contributed by atoms with van der Waals surface area (Å²) in [6, 6.07) is 0.650. The molecule has 0 N–H and O–H groups in total. The molecule has 2 radical (unpaired) electrons. The largest absolute Gasteiger partial charge is 0.337 e. The van der Waals surface area contributed by atoms with Gasteiger partial charge in [-0.05, 0) is 44.4 Å². The average molecular weight is 275 g/mol. The molecule has 3 heteroatoms. The van der Waals surface area contributed by atoms with Crippen molar-refractivity contribution in [3.05, 3.63) is 0 Å². The zero-order valence-corrected chi connectivity index (χ0v) is 13.9. The van der Waals surface area contributed by atoms with Crippen LogP contribution >= 0.6 is 0 Å². The first kappa shape index (κ1) is 15.9. The molecule has 0 spiro atoms. The summed E-state index contributed by atoms with van der Waals surface area (Å²) >= 11 is 0. The Balaban J connectivity index is 2.33. The summed E-state index contributed by atoms with van der Waals surface area (Å²) in [5, 5.41) is -0.150. The number of rotatable bonds is 2. The van der Waals surface area contributed by atoms with Crippen molar-refractivity contribution in [3.8, 4) is 0 Å². The molecule has 112 valence electrons. The molecular weight excluding hydrogens is 245 g/mol. The maximum Gasteiger partial charge on any atom is 0.223 e. The lowest BCUT2D eigenvalue weighted by atomic mass is 9.50. The third kappa shape index (κ3) is 2.65. The molecule has 4 unspecified atom stereocenters. The highest BCUT2D eigenvalue weighted by Crippen LogP contribution is 2.54. The van der Waals surface area contributed by atoms with E-state index in [1.807, 2.05) is 0 Å². The molecule has 1 aliphatic heterocycles. The summed E-state index contributed by atoms with van der Waals surface area (Å²) in [4.78, 5) is 14.5. The number of hydrogen-bond donors (Lipinski definition) is 0. The maximum atomic E-state index is 12.3. The minimum Gasteiger partial charge on any atom is -0.337 e. The number of piperidine rings is 1. The predicted molar refractivity (Wildman–Crippen MR) is 84.8 cm³/mol. The van der Waals surface area contributed by atoms with Crippen LogP contribution in [-0.2, 0) is 4.79 Å². The monoisotopic (exact) mass is 275 g/mol. The van der Waals surface area contributed by atoms with Gasteiger partial charge < -0.3 is 4.90 Å². The molecular formula is C17H30BNO. The fourth-order valence-electron chi connectivity index (χ4n) is 4.90. The molecule has 1 aliphatic carbocycles. The number of carbonyl (C=O) groups is 1. The lowest BCUT2D eigenvalue weighted by molar-refractivity contribution is -0.142. The van der Waals surface area contributed by atoms with Crippen LogP contribution < -0.4 is 0 Å². The summed E-state index contributed by atoms with van der Waals surface area (Å²) in [5.41, 5.74) is 0. The summed E-state index contributed by atoms with van der Waals surface area (Å²) in [7, 11) is 6.85. The van der Waals surface area contributed by atoms with Crippen LogP contribution in [0.4, 0.5) is 0 Å². The van der Waals surface area contributed by atoms with Gasteiger partial charge >= 0.3 is 0 Å². The zero-order valence-electron chi connectivity index (χ0n) is 13.9. The normalized spacial score (nSPS) is 39.0. The Morgan fingerprint density at radius 3 is 2.40 bits per heavy atom.